The van der Waals surface area contributed by atoms with E-state index in [0.29, 0.717) is 16.8 Å². The predicted octanol–water partition coefficient (Wildman–Crippen LogP) is 3.11. The monoisotopic (exact) mass is 294 g/mol. The molecule has 1 N–H and O–H groups in total. The zero-order valence-electron chi connectivity index (χ0n) is 11.9. The molecule has 20 heavy (non-hydrogen) atoms. The third-order valence-corrected chi connectivity index (χ3v) is 4.83. The lowest BCUT2D eigenvalue weighted by molar-refractivity contribution is 0.161. The van der Waals surface area contributed by atoms with Crippen molar-refractivity contribution in [3.63, 3.8) is 0 Å². The highest BCUT2D eigenvalue weighted by atomic mass is 35.5. The maximum Gasteiger partial charge on any atom is 0.120 e. The van der Waals surface area contributed by atoms with E-state index in [-0.39, 0.29) is 0 Å². The Morgan fingerprint density at radius 1 is 1.15 bits per heavy atom. The molecule has 2 aliphatic rings. The molecule has 2 aliphatic heterocycles. The van der Waals surface area contributed by atoms with Crippen molar-refractivity contribution in [1.82, 2.24) is 9.80 Å². The SMILES string of the molecule is Oc1ccc(Cl)cc1CN1CCC(N2CCCCC2)C1. The van der Waals surface area contributed by atoms with Crippen molar-refractivity contribution in [3.05, 3.63) is 28.8 Å². The standard InChI is InChI=1S/C16H23ClN2O/c17-14-4-5-16(20)13(10-14)11-18-9-6-15(12-18)19-7-2-1-3-8-19/h4-5,10,15,20H,1-3,6-9,11-12H2. The summed E-state index contributed by atoms with van der Waals surface area (Å²) in [6.07, 6.45) is 5.35. The summed E-state index contributed by atoms with van der Waals surface area (Å²) in [5.41, 5.74) is 0.941. The molecule has 2 saturated heterocycles. The quantitative estimate of drug-likeness (QED) is 0.928. The van der Waals surface area contributed by atoms with Crippen LogP contribution < -0.4 is 0 Å². The highest BCUT2D eigenvalue weighted by Gasteiger charge is 2.28. The second-order valence-corrected chi connectivity index (χ2v) is 6.48. The second-order valence-electron chi connectivity index (χ2n) is 6.05. The first-order chi connectivity index (χ1) is 9.72. The molecule has 0 aliphatic carbocycles. The van der Waals surface area contributed by atoms with Gasteiger partial charge in [0, 0.05) is 36.3 Å². The second kappa shape index (κ2) is 6.33. The van der Waals surface area contributed by atoms with Gasteiger partial charge in [0.2, 0.25) is 0 Å². The molecule has 3 rings (SSSR count). The number of hydrogen-bond acceptors (Lipinski definition) is 3. The summed E-state index contributed by atoms with van der Waals surface area (Å²) in [6.45, 7) is 5.57. The van der Waals surface area contributed by atoms with Gasteiger partial charge in [-0.3, -0.25) is 9.80 Å². The average Bonchev–Trinajstić information content (AvgIpc) is 2.92. The molecule has 0 spiro atoms. The summed E-state index contributed by atoms with van der Waals surface area (Å²) in [5.74, 6) is 0.357. The highest BCUT2D eigenvalue weighted by molar-refractivity contribution is 6.30. The molecule has 0 bridgehead atoms. The number of phenols is 1. The van der Waals surface area contributed by atoms with Crippen LogP contribution in [0.15, 0.2) is 18.2 Å². The van der Waals surface area contributed by atoms with E-state index in [0.717, 1.165) is 25.2 Å². The van der Waals surface area contributed by atoms with Crippen LogP contribution >= 0.6 is 11.6 Å². The van der Waals surface area contributed by atoms with Gasteiger partial charge in [-0.25, -0.2) is 0 Å². The third kappa shape index (κ3) is 3.27. The number of benzene rings is 1. The Bertz CT molecular complexity index is 460. The number of rotatable bonds is 3. The lowest BCUT2D eigenvalue weighted by Gasteiger charge is -2.32. The van der Waals surface area contributed by atoms with Crippen molar-refractivity contribution >= 4 is 11.6 Å². The Hall–Kier alpha value is -0.770. The first-order valence-corrected chi connectivity index (χ1v) is 8.04. The molecule has 1 atom stereocenters. The number of likely N-dealkylation sites (tertiary alicyclic amines) is 2. The van der Waals surface area contributed by atoms with Gasteiger partial charge in [-0.2, -0.15) is 0 Å². The number of nitrogens with zero attached hydrogens (tertiary/aromatic N) is 2. The molecular formula is C16H23ClN2O. The normalized spacial score (nSPS) is 25.1. The van der Waals surface area contributed by atoms with Crippen LogP contribution in [-0.4, -0.2) is 47.1 Å². The van der Waals surface area contributed by atoms with Crippen LogP contribution in [0.1, 0.15) is 31.2 Å². The minimum atomic E-state index is 0.357. The Labute approximate surface area is 126 Å². The van der Waals surface area contributed by atoms with Gasteiger partial charge in [-0.1, -0.05) is 18.0 Å². The molecule has 0 saturated carbocycles. The fourth-order valence-corrected chi connectivity index (χ4v) is 3.65. The van der Waals surface area contributed by atoms with Crippen LogP contribution in [-0.2, 0) is 6.54 Å². The minimum absolute atomic E-state index is 0.357. The molecule has 110 valence electrons. The first-order valence-electron chi connectivity index (χ1n) is 7.66. The van der Waals surface area contributed by atoms with Crippen LogP contribution in [0, 0.1) is 0 Å². The van der Waals surface area contributed by atoms with Crippen LogP contribution in [0.4, 0.5) is 0 Å². The summed E-state index contributed by atoms with van der Waals surface area (Å²) in [6, 6.07) is 6.01. The van der Waals surface area contributed by atoms with Crippen LogP contribution in [0.5, 0.6) is 5.75 Å². The van der Waals surface area contributed by atoms with E-state index in [1.54, 1.807) is 12.1 Å². The van der Waals surface area contributed by atoms with Gasteiger partial charge < -0.3 is 5.11 Å². The number of halogens is 1. The molecule has 1 aromatic carbocycles. The molecule has 4 heteroatoms. The van der Waals surface area contributed by atoms with Gasteiger partial charge in [0.1, 0.15) is 5.75 Å². The van der Waals surface area contributed by atoms with Gasteiger partial charge in [-0.05, 0) is 50.6 Å². The number of phenolic OH excluding ortho intramolecular Hbond substituents is 1. The van der Waals surface area contributed by atoms with E-state index in [1.165, 1.54) is 38.8 Å². The average molecular weight is 295 g/mol. The molecule has 0 aromatic heterocycles. The maximum absolute atomic E-state index is 9.91. The first kappa shape index (κ1) is 14.2. The molecule has 0 amide bonds. The van der Waals surface area contributed by atoms with Gasteiger partial charge in [0.25, 0.3) is 0 Å². The summed E-state index contributed by atoms with van der Waals surface area (Å²) in [5, 5.41) is 10.6. The third-order valence-electron chi connectivity index (χ3n) is 4.59. The van der Waals surface area contributed by atoms with E-state index in [9.17, 15) is 5.11 Å². The molecule has 1 aromatic rings. The summed E-state index contributed by atoms with van der Waals surface area (Å²) >= 11 is 6.01. The molecule has 1 unspecified atom stereocenters. The summed E-state index contributed by atoms with van der Waals surface area (Å²) in [4.78, 5) is 5.09. The topological polar surface area (TPSA) is 26.7 Å². The van der Waals surface area contributed by atoms with E-state index >= 15 is 0 Å². The Balaban J connectivity index is 1.58. The molecule has 3 nitrogen and oxygen atoms in total. The Morgan fingerprint density at radius 2 is 1.95 bits per heavy atom. The molecule has 0 radical (unpaired) electrons. The zero-order chi connectivity index (χ0) is 13.9. The van der Waals surface area contributed by atoms with Crippen molar-refractivity contribution in [1.29, 1.82) is 0 Å². The number of hydrogen-bond donors (Lipinski definition) is 1. The minimum Gasteiger partial charge on any atom is -0.508 e. The molecular weight excluding hydrogens is 272 g/mol. The van der Waals surface area contributed by atoms with Crippen LogP contribution in [0.3, 0.4) is 0 Å². The zero-order valence-corrected chi connectivity index (χ0v) is 12.6. The Kier molecular flexibility index (Phi) is 4.49. The van der Waals surface area contributed by atoms with Crippen molar-refractivity contribution in [2.75, 3.05) is 26.2 Å². The van der Waals surface area contributed by atoms with Crippen molar-refractivity contribution in [3.8, 4) is 5.75 Å². The van der Waals surface area contributed by atoms with Gasteiger partial charge >= 0.3 is 0 Å². The predicted molar refractivity (Wildman–Crippen MR) is 82.2 cm³/mol. The molecule has 2 fully saturated rings. The fourth-order valence-electron chi connectivity index (χ4n) is 3.46. The lowest BCUT2D eigenvalue weighted by atomic mass is 10.1. The fraction of sp³-hybridized carbons (Fsp3) is 0.625. The van der Waals surface area contributed by atoms with Crippen LogP contribution in [0.25, 0.3) is 0 Å². The largest absolute Gasteiger partial charge is 0.508 e. The number of aromatic hydroxyl groups is 1. The highest BCUT2D eigenvalue weighted by Crippen LogP contribution is 2.26. The van der Waals surface area contributed by atoms with Gasteiger partial charge in [0.15, 0.2) is 0 Å². The van der Waals surface area contributed by atoms with Crippen molar-refractivity contribution < 1.29 is 5.11 Å². The van der Waals surface area contributed by atoms with E-state index < -0.39 is 0 Å². The van der Waals surface area contributed by atoms with Gasteiger partial charge in [-0.15, -0.1) is 0 Å². The maximum atomic E-state index is 9.91. The Morgan fingerprint density at radius 3 is 2.75 bits per heavy atom. The lowest BCUT2D eigenvalue weighted by Crippen LogP contribution is -2.40. The summed E-state index contributed by atoms with van der Waals surface area (Å²) < 4.78 is 0. The van der Waals surface area contributed by atoms with Crippen molar-refractivity contribution in [2.24, 2.45) is 0 Å². The van der Waals surface area contributed by atoms with Gasteiger partial charge in [0.05, 0.1) is 0 Å². The summed E-state index contributed by atoms with van der Waals surface area (Å²) in [7, 11) is 0. The molecule has 2 heterocycles. The van der Waals surface area contributed by atoms with E-state index in [2.05, 4.69) is 9.80 Å². The van der Waals surface area contributed by atoms with Crippen LogP contribution in [0.2, 0.25) is 5.02 Å². The smallest absolute Gasteiger partial charge is 0.120 e. The van der Waals surface area contributed by atoms with E-state index in [1.807, 2.05) is 6.07 Å². The number of piperidine rings is 1. The van der Waals surface area contributed by atoms with Crippen molar-refractivity contribution in [2.45, 2.75) is 38.3 Å². The van der Waals surface area contributed by atoms with E-state index in [4.69, 9.17) is 11.6 Å².